The molecular weight excluding hydrogens is 288 g/mol. The molecule has 23 heavy (non-hydrogen) atoms. The number of hydrogen-bond donors (Lipinski definition) is 1. The molecule has 0 aliphatic rings. The first-order valence-electron chi connectivity index (χ1n) is 7.22. The molecule has 0 fully saturated rings. The predicted molar refractivity (Wildman–Crippen MR) is 89.1 cm³/mol. The molecule has 0 amide bonds. The van der Waals surface area contributed by atoms with E-state index in [1.807, 2.05) is 18.3 Å². The van der Waals surface area contributed by atoms with Gasteiger partial charge in [0, 0.05) is 28.9 Å². The van der Waals surface area contributed by atoms with Gasteiger partial charge in [0.15, 0.2) is 0 Å². The first-order valence-corrected chi connectivity index (χ1v) is 7.22. The summed E-state index contributed by atoms with van der Waals surface area (Å²) in [6.07, 6.45) is 6.82. The van der Waals surface area contributed by atoms with Crippen LogP contribution >= 0.6 is 0 Å². The molecule has 0 unspecified atom stereocenters. The van der Waals surface area contributed by atoms with Crippen LogP contribution in [-0.2, 0) is 0 Å². The molecule has 5 heteroatoms. The third-order valence-corrected chi connectivity index (χ3v) is 3.76. The standard InChI is InChI=1S/C18H14N4O/c1-23-15-7-14(9-20-10-15)12-2-3-16-13(6-12)8-18(22-16)17-4-5-19-11-21-17/h2-11,22H,1H3. The van der Waals surface area contributed by atoms with Crippen LogP contribution in [0.25, 0.3) is 33.4 Å². The monoisotopic (exact) mass is 302 g/mol. The number of aromatic nitrogens is 4. The molecule has 4 rings (SSSR count). The van der Waals surface area contributed by atoms with E-state index in [2.05, 4.69) is 44.2 Å². The van der Waals surface area contributed by atoms with Gasteiger partial charge < -0.3 is 9.72 Å². The van der Waals surface area contributed by atoms with Crippen molar-refractivity contribution in [3.05, 3.63) is 61.3 Å². The molecule has 0 bridgehead atoms. The Morgan fingerprint density at radius 3 is 2.74 bits per heavy atom. The fourth-order valence-electron chi connectivity index (χ4n) is 2.59. The summed E-state index contributed by atoms with van der Waals surface area (Å²) in [7, 11) is 1.64. The van der Waals surface area contributed by atoms with E-state index in [0.717, 1.165) is 39.2 Å². The molecule has 3 aromatic heterocycles. The van der Waals surface area contributed by atoms with Crippen LogP contribution in [0.2, 0.25) is 0 Å². The smallest absolute Gasteiger partial charge is 0.137 e. The number of ether oxygens (including phenoxy) is 1. The van der Waals surface area contributed by atoms with Crippen LogP contribution in [0.5, 0.6) is 5.75 Å². The first-order chi connectivity index (χ1) is 11.3. The van der Waals surface area contributed by atoms with E-state index in [1.54, 1.807) is 25.8 Å². The second-order valence-corrected chi connectivity index (χ2v) is 5.19. The van der Waals surface area contributed by atoms with Crippen LogP contribution in [0, 0.1) is 0 Å². The average Bonchev–Trinajstić information content (AvgIpc) is 3.06. The van der Waals surface area contributed by atoms with E-state index < -0.39 is 0 Å². The summed E-state index contributed by atoms with van der Waals surface area (Å²) >= 11 is 0. The van der Waals surface area contributed by atoms with Gasteiger partial charge in [-0.15, -0.1) is 0 Å². The number of aromatic amines is 1. The molecular formula is C18H14N4O. The van der Waals surface area contributed by atoms with Crippen molar-refractivity contribution < 1.29 is 4.74 Å². The number of H-pyrrole nitrogens is 1. The molecule has 0 radical (unpaired) electrons. The van der Waals surface area contributed by atoms with E-state index in [4.69, 9.17) is 4.74 Å². The molecule has 1 N–H and O–H groups in total. The Morgan fingerprint density at radius 2 is 1.91 bits per heavy atom. The summed E-state index contributed by atoms with van der Waals surface area (Å²) in [6, 6.07) is 12.2. The minimum absolute atomic E-state index is 0.748. The summed E-state index contributed by atoms with van der Waals surface area (Å²) in [6.45, 7) is 0. The maximum Gasteiger partial charge on any atom is 0.137 e. The van der Waals surface area contributed by atoms with E-state index >= 15 is 0 Å². The Bertz CT molecular complexity index is 963. The van der Waals surface area contributed by atoms with Gasteiger partial charge in [-0.2, -0.15) is 0 Å². The first kappa shape index (κ1) is 13.5. The molecule has 0 aliphatic carbocycles. The number of benzene rings is 1. The lowest BCUT2D eigenvalue weighted by Gasteiger charge is -2.04. The van der Waals surface area contributed by atoms with Gasteiger partial charge in [0.1, 0.15) is 12.1 Å². The summed E-state index contributed by atoms with van der Waals surface area (Å²) in [5.74, 6) is 0.748. The fraction of sp³-hybridized carbons (Fsp3) is 0.0556. The number of methoxy groups -OCH3 is 1. The van der Waals surface area contributed by atoms with Crippen molar-refractivity contribution in [2.24, 2.45) is 0 Å². The molecule has 4 aromatic rings. The third-order valence-electron chi connectivity index (χ3n) is 3.76. The minimum Gasteiger partial charge on any atom is -0.495 e. The number of hydrogen-bond acceptors (Lipinski definition) is 4. The van der Waals surface area contributed by atoms with Crippen molar-refractivity contribution >= 4 is 10.9 Å². The lowest BCUT2D eigenvalue weighted by atomic mass is 10.1. The van der Waals surface area contributed by atoms with Gasteiger partial charge in [-0.3, -0.25) is 4.98 Å². The quantitative estimate of drug-likeness (QED) is 0.627. The van der Waals surface area contributed by atoms with Gasteiger partial charge in [0.2, 0.25) is 0 Å². The van der Waals surface area contributed by atoms with E-state index in [0.29, 0.717) is 0 Å². The van der Waals surface area contributed by atoms with E-state index in [9.17, 15) is 0 Å². The number of nitrogens with zero attached hydrogens (tertiary/aromatic N) is 3. The molecule has 0 saturated heterocycles. The molecule has 112 valence electrons. The van der Waals surface area contributed by atoms with Crippen LogP contribution in [0.1, 0.15) is 0 Å². The highest BCUT2D eigenvalue weighted by molar-refractivity contribution is 5.89. The number of nitrogens with one attached hydrogen (secondary N) is 1. The van der Waals surface area contributed by atoms with Crippen molar-refractivity contribution in [2.45, 2.75) is 0 Å². The maximum atomic E-state index is 5.24. The molecule has 0 atom stereocenters. The van der Waals surface area contributed by atoms with Gasteiger partial charge in [-0.25, -0.2) is 9.97 Å². The SMILES string of the molecule is COc1cncc(-c2ccc3[nH]c(-c4ccncn4)cc3c2)c1. The van der Waals surface area contributed by atoms with Crippen LogP contribution in [0.3, 0.4) is 0 Å². The Morgan fingerprint density at radius 1 is 0.957 bits per heavy atom. The second kappa shape index (κ2) is 5.53. The highest BCUT2D eigenvalue weighted by Gasteiger charge is 2.07. The normalized spacial score (nSPS) is 10.8. The number of fused-ring (bicyclic) bond motifs is 1. The zero-order chi connectivity index (χ0) is 15.6. The van der Waals surface area contributed by atoms with Crippen molar-refractivity contribution in [2.75, 3.05) is 7.11 Å². The van der Waals surface area contributed by atoms with Gasteiger partial charge in [-0.05, 0) is 35.9 Å². The third kappa shape index (κ3) is 2.53. The summed E-state index contributed by atoms with van der Waals surface area (Å²) in [4.78, 5) is 15.8. The number of rotatable bonds is 3. The summed E-state index contributed by atoms with van der Waals surface area (Å²) < 4.78 is 5.24. The van der Waals surface area contributed by atoms with Crippen molar-refractivity contribution in [3.8, 4) is 28.3 Å². The van der Waals surface area contributed by atoms with Crippen LogP contribution < -0.4 is 4.74 Å². The Balaban J connectivity index is 1.79. The second-order valence-electron chi connectivity index (χ2n) is 5.19. The largest absolute Gasteiger partial charge is 0.495 e. The number of pyridine rings is 1. The molecule has 0 spiro atoms. The van der Waals surface area contributed by atoms with Gasteiger partial charge >= 0.3 is 0 Å². The predicted octanol–water partition coefficient (Wildman–Crippen LogP) is 3.70. The zero-order valence-corrected chi connectivity index (χ0v) is 12.5. The highest BCUT2D eigenvalue weighted by atomic mass is 16.5. The van der Waals surface area contributed by atoms with E-state index in [1.165, 1.54) is 0 Å². The van der Waals surface area contributed by atoms with Crippen molar-refractivity contribution in [3.63, 3.8) is 0 Å². The molecule has 0 aliphatic heterocycles. The summed E-state index contributed by atoms with van der Waals surface area (Å²) in [5, 5.41) is 1.12. The molecule has 1 aromatic carbocycles. The Labute approximate surface area is 133 Å². The topological polar surface area (TPSA) is 63.7 Å². The van der Waals surface area contributed by atoms with Gasteiger partial charge in [0.05, 0.1) is 24.7 Å². The maximum absolute atomic E-state index is 5.24. The Kier molecular flexibility index (Phi) is 3.24. The van der Waals surface area contributed by atoms with Gasteiger partial charge in [0.25, 0.3) is 0 Å². The van der Waals surface area contributed by atoms with Crippen molar-refractivity contribution in [1.29, 1.82) is 0 Å². The fourth-order valence-corrected chi connectivity index (χ4v) is 2.59. The Hall–Kier alpha value is -3.21. The minimum atomic E-state index is 0.748. The van der Waals surface area contributed by atoms with Crippen LogP contribution in [-0.4, -0.2) is 27.0 Å². The zero-order valence-electron chi connectivity index (χ0n) is 12.5. The lowest BCUT2D eigenvalue weighted by Crippen LogP contribution is -1.86. The van der Waals surface area contributed by atoms with E-state index in [-0.39, 0.29) is 0 Å². The van der Waals surface area contributed by atoms with Crippen LogP contribution in [0.15, 0.2) is 61.3 Å². The van der Waals surface area contributed by atoms with Crippen molar-refractivity contribution in [1.82, 2.24) is 19.9 Å². The highest BCUT2D eigenvalue weighted by Crippen LogP contribution is 2.28. The molecule has 0 saturated carbocycles. The lowest BCUT2D eigenvalue weighted by molar-refractivity contribution is 0.413. The average molecular weight is 302 g/mol. The van der Waals surface area contributed by atoms with Gasteiger partial charge in [-0.1, -0.05) is 6.07 Å². The summed E-state index contributed by atoms with van der Waals surface area (Å²) in [5.41, 5.74) is 5.04. The van der Waals surface area contributed by atoms with Crippen LogP contribution in [0.4, 0.5) is 0 Å². The molecule has 3 heterocycles. The molecule has 5 nitrogen and oxygen atoms in total.